The number of benzene rings is 2. The Bertz CT molecular complexity index is 1570. The summed E-state index contributed by atoms with van der Waals surface area (Å²) in [6.07, 6.45) is 7.55. The second-order valence-corrected chi connectivity index (χ2v) is 10.9. The first kappa shape index (κ1) is 25.2. The van der Waals surface area contributed by atoms with Gasteiger partial charge in [0.1, 0.15) is 0 Å². The maximum Gasteiger partial charge on any atom is 0.238 e. The SMILES string of the molecule is COc1cc(C=CC2C3=CCC4C(=O)N(c5ccccc5)C(=O)C4C3CC3=C2C(=O)C=C(Br)C3=O)ccc1O. The number of aromatic hydroxyl groups is 1. The number of methoxy groups -OCH3 is 1. The van der Waals surface area contributed by atoms with E-state index in [4.69, 9.17) is 4.74 Å². The lowest BCUT2D eigenvalue weighted by Crippen LogP contribution is -2.40. The van der Waals surface area contributed by atoms with Crippen LogP contribution in [-0.2, 0) is 19.2 Å². The van der Waals surface area contributed by atoms with E-state index in [9.17, 15) is 24.3 Å². The fourth-order valence-electron chi connectivity index (χ4n) is 6.32. The van der Waals surface area contributed by atoms with Crippen molar-refractivity contribution in [1.29, 1.82) is 0 Å². The molecule has 0 saturated carbocycles. The van der Waals surface area contributed by atoms with Gasteiger partial charge in [0, 0.05) is 23.1 Å². The van der Waals surface area contributed by atoms with Crippen LogP contribution < -0.4 is 9.64 Å². The molecule has 4 aliphatic rings. The first-order valence-electron chi connectivity index (χ1n) is 12.7. The van der Waals surface area contributed by atoms with E-state index < -0.39 is 23.7 Å². The van der Waals surface area contributed by atoms with Crippen LogP contribution in [0.2, 0.25) is 0 Å². The van der Waals surface area contributed by atoms with Crippen molar-refractivity contribution in [3.8, 4) is 11.5 Å². The number of phenols is 1. The lowest BCUT2D eigenvalue weighted by atomic mass is 9.61. The van der Waals surface area contributed by atoms with Gasteiger partial charge >= 0.3 is 0 Å². The Morgan fingerprint density at radius 3 is 2.54 bits per heavy atom. The summed E-state index contributed by atoms with van der Waals surface area (Å²) in [5.41, 5.74) is 2.93. The van der Waals surface area contributed by atoms with Crippen molar-refractivity contribution < 1.29 is 29.0 Å². The van der Waals surface area contributed by atoms with Gasteiger partial charge in [0.15, 0.2) is 23.1 Å². The molecule has 0 spiro atoms. The number of hydrogen-bond donors (Lipinski definition) is 1. The van der Waals surface area contributed by atoms with Crippen LogP contribution in [0.3, 0.4) is 0 Å². The maximum absolute atomic E-state index is 13.8. The van der Waals surface area contributed by atoms with Crippen LogP contribution in [0.15, 0.2) is 88.0 Å². The molecule has 7 nitrogen and oxygen atoms in total. The van der Waals surface area contributed by atoms with E-state index in [1.807, 2.05) is 24.3 Å². The Morgan fingerprint density at radius 1 is 1.03 bits per heavy atom. The van der Waals surface area contributed by atoms with E-state index in [0.717, 1.165) is 11.1 Å². The van der Waals surface area contributed by atoms with Crippen molar-refractivity contribution in [1.82, 2.24) is 0 Å². The summed E-state index contributed by atoms with van der Waals surface area (Å²) in [5.74, 6) is -2.79. The number of ketones is 2. The number of amides is 2. The van der Waals surface area contributed by atoms with Crippen molar-refractivity contribution in [3.05, 3.63) is 93.5 Å². The highest BCUT2D eigenvalue weighted by atomic mass is 79.9. The zero-order chi connectivity index (χ0) is 27.4. The third-order valence-electron chi connectivity index (χ3n) is 8.08. The average Bonchev–Trinajstić information content (AvgIpc) is 3.20. The molecule has 1 aliphatic heterocycles. The van der Waals surface area contributed by atoms with Crippen LogP contribution in [0.4, 0.5) is 5.69 Å². The van der Waals surface area contributed by atoms with Gasteiger partial charge in [0.05, 0.1) is 29.1 Å². The summed E-state index contributed by atoms with van der Waals surface area (Å²) in [4.78, 5) is 55.0. The summed E-state index contributed by atoms with van der Waals surface area (Å²) in [7, 11) is 1.46. The lowest BCUT2D eigenvalue weighted by Gasteiger charge is -2.41. The number of para-hydroxylation sites is 1. The number of rotatable bonds is 4. The summed E-state index contributed by atoms with van der Waals surface area (Å²) in [5, 5.41) is 9.96. The molecule has 39 heavy (non-hydrogen) atoms. The molecule has 0 aromatic heterocycles. The summed E-state index contributed by atoms with van der Waals surface area (Å²) in [6.45, 7) is 0. The van der Waals surface area contributed by atoms with Crippen LogP contribution >= 0.6 is 15.9 Å². The van der Waals surface area contributed by atoms with E-state index in [0.29, 0.717) is 29.0 Å². The molecule has 1 fully saturated rings. The minimum absolute atomic E-state index is 0.00818. The highest BCUT2D eigenvalue weighted by Crippen LogP contribution is 2.53. The number of ether oxygens (including phenoxy) is 1. The normalized spacial score (nSPS) is 26.4. The predicted molar refractivity (Wildman–Crippen MR) is 148 cm³/mol. The van der Waals surface area contributed by atoms with Gasteiger partial charge in [-0.05, 0) is 64.5 Å². The topological polar surface area (TPSA) is 101 Å². The Labute approximate surface area is 233 Å². The molecule has 0 bridgehead atoms. The van der Waals surface area contributed by atoms with Crippen LogP contribution in [0.1, 0.15) is 18.4 Å². The number of anilines is 1. The number of nitrogens with zero attached hydrogens (tertiary/aromatic N) is 1. The van der Waals surface area contributed by atoms with Gasteiger partial charge in [-0.25, -0.2) is 0 Å². The Morgan fingerprint density at radius 2 is 1.79 bits per heavy atom. The van der Waals surface area contributed by atoms with Gasteiger partial charge in [0.25, 0.3) is 0 Å². The Balaban J connectivity index is 1.43. The number of halogens is 1. The van der Waals surface area contributed by atoms with Gasteiger partial charge in [-0.15, -0.1) is 0 Å². The second kappa shape index (κ2) is 9.61. The largest absolute Gasteiger partial charge is 0.504 e. The molecule has 4 unspecified atom stereocenters. The van der Waals surface area contributed by atoms with Gasteiger partial charge in [-0.2, -0.15) is 0 Å². The maximum atomic E-state index is 13.8. The fraction of sp³-hybridized carbons (Fsp3) is 0.226. The number of imide groups is 1. The minimum Gasteiger partial charge on any atom is -0.504 e. The van der Waals surface area contributed by atoms with Crippen LogP contribution in [0, 0.1) is 23.7 Å². The van der Waals surface area contributed by atoms with E-state index in [2.05, 4.69) is 15.9 Å². The Hall–Kier alpha value is -4.04. The third kappa shape index (κ3) is 4.01. The molecule has 2 aromatic rings. The number of fused-ring (bicyclic) bond motifs is 3. The lowest BCUT2D eigenvalue weighted by molar-refractivity contribution is -0.123. The van der Waals surface area contributed by atoms with E-state index in [1.54, 1.807) is 36.4 Å². The van der Waals surface area contributed by atoms with Crippen LogP contribution in [0.5, 0.6) is 11.5 Å². The number of carbonyl (C=O) groups is 4. The standard InChI is InChI=1S/C31H24BrNO6/c1-39-26-13-16(8-12-24(26)34)7-9-19-18-10-11-20-28(31(38)33(30(20)37)17-5-3-2-4-6-17)21(18)14-22-27(19)25(35)15-23(32)29(22)36/h2-10,12-13,15,19-21,28,34H,11,14H2,1H3. The van der Waals surface area contributed by atoms with E-state index >= 15 is 0 Å². The highest BCUT2D eigenvalue weighted by molar-refractivity contribution is 9.12. The fourth-order valence-corrected chi connectivity index (χ4v) is 6.77. The molecular formula is C31H24BrNO6. The molecule has 4 atom stereocenters. The van der Waals surface area contributed by atoms with E-state index in [1.165, 1.54) is 24.2 Å². The first-order valence-corrected chi connectivity index (χ1v) is 13.5. The molecule has 6 rings (SSSR count). The summed E-state index contributed by atoms with van der Waals surface area (Å²) >= 11 is 3.24. The quantitative estimate of drug-likeness (QED) is 0.311. The minimum atomic E-state index is -0.621. The molecule has 2 amide bonds. The summed E-state index contributed by atoms with van der Waals surface area (Å²) in [6, 6.07) is 13.8. The number of hydrogen-bond acceptors (Lipinski definition) is 6. The monoisotopic (exact) mass is 585 g/mol. The van der Waals surface area contributed by atoms with Crippen LogP contribution in [0.25, 0.3) is 6.08 Å². The zero-order valence-corrected chi connectivity index (χ0v) is 22.6. The predicted octanol–water partition coefficient (Wildman–Crippen LogP) is 4.91. The Kier molecular flexibility index (Phi) is 6.22. The molecule has 1 heterocycles. The number of Topliss-reactive ketones (excluding diaryl/α,β-unsaturated/α-hetero) is 1. The molecular weight excluding hydrogens is 562 g/mol. The van der Waals surface area contributed by atoms with Gasteiger partial charge in [-0.3, -0.25) is 24.1 Å². The molecule has 1 N–H and O–H groups in total. The van der Waals surface area contributed by atoms with Crippen molar-refractivity contribution >= 4 is 51.1 Å². The van der Waals surface area contributed by atoms with Crippen molar-refractivity contribution in [2.24, 2.45) is 23.7 Å². The number of phenolic OH excluding ortho intramolecular Hbond substituents is 1. The third-order valence-corrected chi connectivity index (χ3v) is 8.67. The van der Waals surface area contributed by atoms with Crippen molar-refractivity contribution in [2.45, 2.75) is 12.8 Å². The van der Waals surface area contributed by atoms with E-state index in [-0.39, 0.29) is 40.0 Å². The van der Waals surface area contributed by atoms with Gasteiger partial charge in [-0.1, -0.05) is 48.1 Å². The molecule has 0 radical (unpaired) electrons. The molecule has 196 valence electrons. The molecule has 2 aromatic carbocycles. The molecule has 8 heteroatoms. The number of carbonyl (C=O) groups excluding carboxylic acids is 4. The van der Waals surface area contributed by atoms with Gasteiger partial charge in [0.2, 0.25) is 11.8 Å². The van der Waals surface area contributed by atoms with Crippen molar-refractivity contribution in [2.75, 3.05) is 12.0 Å². The highest BCUT2D eigenvalue weighted by Gasteiger charge is 2.56. The zero-order valence-electron chi connectivity index (χ0n) is 21.0. The average molecular weight is 586 g/mol. The summed E-state index contributed by atoms with van der Waals surface area (Å²) < 4.78 is 5.41. The molecule has 3 aliphatic carbocycles. The van der Waals surface area contributed by atoms with Crippen LogP contribution in [-0.4, -0.2) is 35.6 Å². The first-order chi connectivity index (χ1) is 18.8. The number of allylic oxidation sites excluding steroid dienone is 7. The van der Waals surface area contributed by atoms with Crippen molar-refractivity contribution in [3.63, 3.8) is 0 Å². The molecule has 1 saturated heterocycles. The second-order valence-electron chi connectivity index (χ2n) is 10.1. The smallest absolute Gasteiger partial charge is 0.238 e. The van der Waals surface area contributed by atoms with Gasteiger partial charge < -0.3 is 9.84 Å².